The zero-order chi connectivity index (χ0) is 17.0. The van der Waals surface area contributed by atoms with Crippen molar-refractivity contribution in [1.82, 2.24) is 9.97 Å². The van der Waals surface area contributed by atoms with E-state index in [0.29, 0.717) is 17.4 Å². The highest BCUT2D eigenvalue weighted by Gasteiger charge is 2.21. The number of hydrogen-bond donors (Lipinski definition) is 0. The minimum atomic E-state index is -0.263. The molecule has 0 saturated carbocycles. The van der Waals surface area contributed by atoms with Crippen LogP contribution in [0.3, 0.4) is 0 Å². The number of carbonyl (C=O) groups is 1. The lowest BCUT2D eigenvalue weighted by molar-refractivity contribution is 0.0464. The first kappa shape index (κ1) is 17.7. The van der Waals surface area contributed by atoms with Gasteiger partial charge in [0.15, 0.2) is 0 Å². The highest BCUT2D eigenvalue weighted by molar-refractivity contribution is 7.20. The number of carbonyl (C=O) groups excluding carboxylic acids is 1. The van der Waals surface area contributed by atoms with Crippen molar-refractivity contribution in [2.45, 2.75) is 40.5 Å². The van der Waals surface area contributed by atoms with Gasteiger partial charge in [-0.25, -0.2) is 14.8 Å². The molecule has 0 spiro atoms. The zero-order valence-electron chi connectivity index (χ0n) is 14.5. The number of fused-ring (bicyclic) bond motifs is 1. The van der Waals surface area contributed by atoms with Crippen molar-refractivity contribution in [3.8, 4) is 0 Å². The second-order valence-corrected chi connectivity index (χ2v) is 7.20. The van der Waals surface area contributed by atoms with Crippen molar-refractivity contribution < 1.29 is 9.53 Å². The minimum absolute atomic E-state index is 0.263. The molecule has 0 aliphatic carbocycles. The molecule has 0 aliphatic heterocycles. The van der Waals surface area contributed by atoms with Gasteiger partial charge in [0, 0.05) is 13.6 Å². The summed E-state index contributed by atoms with van der Waals surface area (Å²) in [7, 11) is 2.03. The second kappa shape index (κ2) is 7.73. The second-order valence-electron chi connectivity index (χ2n) is 6.20. The van der Waals surface area contributed by atoms with Crippen molar-refractivity contribution in [2.75, 3.05) is 25.1 Å². The van der Waals surface area contributed by atoms with Gasteiger partial charge in [0.2, 0.25) is 0 Å². The molecule has 0 bridgehead atoms. The van der Waals surface area contributed by atoms with Crippen LogP contribution in [0, 0.1) is 12.8 Å². The normalized spacial score (nSPS) is 11.2. The Balaban J connectivity index is 2.36. The molecule has 0 amide bonds. The Bertz CT molecular complexity index is 682. The van der Waals surface area contributed by atoms with Gasteiger partial charge in [-0.2, -0.15) is 0 Å². The van der Waals surface area contributed by atoms with Crippen LogP contribution in [-0.4, -0.2) is 36.1 Å². The van der Waals surface area contributed by atoms with Gasteiger partial charge in [0.25, 0.3) is 0 Å². The third-order valence-corrected chi connectivity index (χ3v) is 4.83. The van der Waals surface area contributed by atoms with Crippen molar-refractivity contribution in [3.05, 3.63) is 16.8 Å². The molecule has 2 rings (SSSR count). The number of unbranched alkanes of at least 4 members (excludes halogenated alkanes) is 1. The van der Waals surface area contributed by atoms with Crippen LogP contribution in [0.25, 0.3) is 10.2 Å². The average molecular weight is 335 g/mol. The molecule has 23 heavy (non-hydrogen) atoms. The molecule has 0 atom stereocenters. The number of nitrogens with zero attached hydrogens (tertiary/aromatic N) is 3. The van der Waals surface area contributed by atoms with E-state index in [-0.39, 0.29) is 5.97 Å². The largest absolute Gasteiger partial charge is 0.461 e. The average Bonchev–Trinajstić information content (AvgIpc) is 2.87. The topological polar surface area (TPSA) is 55.3 Å². The van der Waals surface area contributed by atoms with Crippen LogP contribution >= 0.6 is 11.3 Å². The van der Waals surface area contributed by atoms with Gasteiger partial charge in [-0.05, 0) is 24.8 Å². The van der Waals surface area contributed by atoms with E-state index < -0.39 is 0 Å². The summed E-state index contributed by atoms with van der Waals surface area (Å²) in [6.45, 7) is 9.54. The molecular formula is C17H25N3O2S. The fraction of sp³-hybridized carbons (Fsp3) is 0.588. The molecule has 0 radical (unpaired) electrons. The standard InChI is InChI=1S/C17H25N3O2S/c1-6-7-8-20(5)15-13-12(4)14(17(21)22-9-11(2)3)23-16(13)19-10-18-15/h10-11H,6-9H2,1-5H3. The van der Waals surface area contributed by atoms with E-state index in [1.54, 1.807) is 6.33 Å². The fourth-order valence-corrected chi connectivity index (χ4v) is 3.38. The summed E-state index contributed by atoms with van der Waals surface area (Å²) in [6, 6.07) is 0. The molecule has 0 unspecified atom stereocenters. The van der Waals surface area contributed by atoms with Gasteiger partial charge in [-0.3, -0.25) is 0 Å². The highest BCUT2D eigenvalue weighted by atomic mass is 32.1. The molecule has 6 heteroatoms. The number of hydrogen-bond acceptors (Lipinski definition) is 6. The first-order valence-corrected chi connectivity index (χ1v) is 8.89. The van der Waals surface area contributed by atoms with E-state index in [0.717, 1.165) is 41.0 Å². The summed E-state index contributed by atoms with van der Waals surface area (Å²) in [5, 5.41) is 0.965. The molecule has 0 N–H and O–H groups in total. The molecule has 0 aromatic carbocycles. The van der Waals surface area contributed by atoms with Crippen LogP contribution in [0.4, 0.5) is 5.82 Å². The number of esters is 1. The van der Waals surface area contributed by atoms with E-state index in [1.807, 2.05) is 27.8 Å². The third-order valence-electron chi connectivity index (χ3n) is 3.65. The third kappa shape index (κ3) is 3.99. The maximum atomic E-state index is 12.3. The lowest BCUT2D eigenvalue weighted by Gasteiger charge is -2.18. The Morgan fingerprint density at radius 1 is 1.39 bits per heavy atom. The number of thiophene rings is 1. The number of rotatable bonds is 7. The van der Waals surface area contributed by atoms with Crippen LogP contribution in [0.5, 0.6) is 0 Å². The smallest absolute Gasteiger partial charge is 0.348 e. The van der Waals surface area contributed by atoms with Crippen LogP contribution in [-0.2, 0) is 4.74 Å². The fourth-order valence-electron chi connectivity index (χ4n) is 2.35. The maximum absolute atomic E-state index is 12.3. The Morgan fingerprint density at radius 3 is 2.78 bits per heavy atom. The summed E-state index contributed by atoms with van der Waals surface area (Å²) < 4.78 is 5.37. The monoisotopic (exact) mass is 335 g/mol. The Kier molecular flexibility index (Phi) is 5.93. The highest BCUT2D eigenvalue weighted by Crippen LogP contribution is 2.35. The van der Waals surface area contributed by atoms with Crippen LogP contribution in [0.2, 0.25) is 0 Å². The first-order chi connectivity index (χ1) is 11.0. The predicted octanol–water partition coefficient (Wildman–Crippen LogP) is 4.05. The van der Waals surface area contributed by atoms with Crippen molar-refractivity contribution in [3.63, 3.8) is 0 Å². The summed E-state index contributed by atoms with van der Waals surface area (Å²) in [5.41, 5.74) is 0.915. The molecule has 2 heterocycles. The van der Waals surface area contributed by atoms with Crippen molar-refractivity contribution >= 4 is 33.3 Å². The van der Waals surface area contributed by atoms with Gasteiger partial charge in [-0.1, -0.05) is 27.2 Å². The van der Waals surface area contributed by atoms with E-state index in [1.165, 1.54) is 11.3 Å². The van der Waals surface area contributed by atoms with E-state index in [2.05, 4.69) is 21.8 Å². The molecule has 2 aromatic heterocycles. The van der Waals surface area contributed by atoms with Crippen LogP contribution in [0.15, 0.2) is 6.33 Å². The number of anilines is 1. The minimum Gasteiger partial charge on any atom is -0.461 e. The summed E-state index contributed by atoms with van der Waals surface area (Å²) >= 11 is 1.39. The lowest BCUT2D eigenvalue weighted by Crippen LogP contribution is -2.20. The molecule has 0 saturated heterocycles. The lowest BCUT2D eigenvalue weighted by atomic mass is 10.2. The number of aryl methyl sites for hydroxylation is 1. The van der Waals surface area contributed by atoms with Crippen molar-refractivity contribution in [1.29, 1.82) is 0 Å². The Labute approximate surface area is 141 Å². The molecule has 0 fully saturated rings. The van der Waals surface area contributed by atoms with E-state index in [4.69, 9.17) is 4.74 Å². The van der Waals surface area contributed by atoms with Crippen molar-refractivity contribution in [2.24, 2.45) is 5.92 Å². The molecule has 126 valence electrons. The summed E-state index contributed by atoms with van der Waals surface area (Å²) in [5.74, 6) is 0.950. The number of ether oxygens (including phenoxy) is 1. The van der Waals surface area contributed by atoms with Gasteiger partial charge < -0.3 is 9.64 Å². The van der Waals surface area contributed by atoms with Crippen LogP contribution < -0.4 is 4.90 Å². The van der Waals surface area contributed by atoms with Gasteiger partial charge >= 0.3 is 5.97 Å². The van der Waals surface area contributed by atoms with Crippen LogP contribution in [0.1, 0.15) is 48.8 Å². The Hall–Kier alpha value is -1.69. The number of aromatic nitrogens is 2. The van der Waals surface area contributed by atoms with E-state index in [9.17, 15) is 4.79 Å². The summed E-state index contributed by atoms with van der Waals surface area (Å²) in [6.07, 6.45) is 3.81. The van der Waals surface area contributed by atoms with Gasteiger partial charge in [-0.15, -0.1) is 11.3 Å². The Morgan fingerprint density at radius 2 is 2.13 bits per heavy atom. The van der Waals surface area contributed by atoms with Gasteiger partial charge in [0.1, 0.15) is 21.9 Å². The van der Waals surface area contributed by atoms with E-state index >= 15 is 0 Å². The molecule has 0 aliphatic rings. The zero-order valence-corrected chi connectivity index (χ0v) is 15.4. The first-order valence-electron chi connectivity index (χ1n) is 8.08. The van der Waals surface area contributed by atoms with Gasteiger partial charge in [0.05, 0.1) is 12.0 Å². The summed E-state index contributed by atoms with van der Waals surface area (Å²) in [4.78, 5) is 24.7. The molecule has 5 nitrogen and oxygen atoms in total. The molecular weight excluding hydrogens is 310 g/mol. The molecule has 2 aromatic rings. The quantitative estimate of drug-likeness (QED) is 0.715. The predicted molar refractivity (Wildman–Crippen MR) is 95.5 cm³/mol. The SMILES string of the molecule is CCCCN(C)c1ncnc2sc(C(=O)OCC(C)C)c(C)c12. The maximum Gasteiger partial charge on any atom is 0.348 e.